The van der Waals surface area contributed by atoms with Gasteiger partial charge < -0.3 is 9.13 Å². The van der Waals surface area contributed by atoms with Gasteiger partial charge in [-0.25, -0.2) is 8.78 Å². The Bertz CT molecular complexity index is 5230. The van der Waals surface area contributed by atoms with E-state index in [9.17, 15) is 0 Å². The van der Waals surface area contributed by atoms with Crippen LogP contribution in [0.25, 0.3) is 156 Å². The molecule has 16 aromatic rings. The van der Waals surface area contributed by atoms with Crippen molar-refractivity contribution in [2.24, 2.45) is 0 Å². The predicted molar refractivity (Wildman–Crippen MR) is 360 cm³/mol. The predicted octanol–water partition coefficient (Wildman–Crippen LogP) is 21.8. The number of rotatable bonds is 11. The van der Waals surface area contributed by atoms with Crippen LogP contribution in [0, 0.1) is 11.6 Å². The summed E-state index contributed by atoms with van der Waals surface area (Å²) in [5.74, 6) is -1.91. The van der Waals surface area contributed by atoms with Gasteiger partial charge in [0.25, 0.3) is 0 Å². The van der Waals surface area contributed by atoms with Crippen molar-refractivity contribution in [3.8, 4) is 112 Å². The third-order valence-corrected chi connectivity index (χ3v) is 17.3. The molecule has 10 aromatic carbocycles. The molecule has 0 aliphatic carbocycles. The Balaban J connectivity index is 0.984. The lowest BCUT2D eigenvalue weighted by atomic mass is 9.96. The van der Waals surface area contributed by atoms with Crippen LogP contribution in [0.5, 0.6) is 0 Å². The van der Waals surface area contributed by atoms with Crippen LogP contribution in [0.15, 0.2) is 298 Å². The summed E-state index contributed by atoms with van der Waals surface area (Å²) in [4.78, 5) is 19.3. The van der Waals surface area contributed by atoms with E-state index in [-0.39, 0.29) is 16.9 Å². The first-order chi connectivity index (χ1) is 45.1. The number of halogens is 5. The van der Waals surface area contributed by atoms with Gasteiger partial charge in [-0.15, -0.1) is 0 Å². The molecule has 0 aliphatic rings. The molecule has 0 N–H and O–H groups in total. The van der Waals surface area contributed by atoms with Gasteiger partial charge in [-0.3, -0.25) is 19.9 Å². The van der Waals surface area contributed by atoms with Crippen molar-refractivity contribution in [1.29, 1.82) is 0 Å². The molecular formula is C81H49F5N6. The van der Waals surface area contributed by atoms with E-state index in [0.29, 0.717) is 43.6 Å². The summed E-state index contributed by atoms with van der Waals surface area (Å²) in [6.45, 7) is 0. The SMILES string of the molecule is Fc1cccc(F)c1-c1cc(-n2c3ccc(-c4cccnc4-c4ccccc4)cc3c3cc(-c4cccnc4-c4ccccc4)ccc32)c(C(F)(F)F)cc1-n1c2ccc(-c3cccnc3-c3ccccc3)cc2c2cc(-c3cccnc3-c3ccccc3)ccc21. The summed E-state index contributed by atoms with van der Waals surface area (Å²) >= 11 is 0. The lowest BCUT2D eigenvalue weighted by molar-refractivity contribution is -0.137. The number of benzene rings is 10. The Morgan fingerprint density at radius 1 is 0.261 bits per heavy atom. The Labute approximate surface area is 525 Å². The molecule has 0 saturated carbocycles. The van der Waals surface area contributed by atoms with E-state index in [4.69, 9.17) is 19.9 Å². The van der Waals surface area contributed by atoms with Crippen molar-refractivity contribution in [2.45, 2.75) is 6.18 Å². The Hall–Kier alpha value is -12.0. The molecule has 6 aromatic heterocycles. The van der Waals surface area contributed by atoms with Gasteiger partial charge in [0.15, 0.2) is 0 Å². The average molecular weight is 1200 g/mol. The molecule has 0 aliphatic heterocycles. The van der Waals surface area contributed by atoms with E-state index in [2.05, 4.69) is 0 Å². The molecule has 6 heterocycles. The van der Waals surface area contributed by atoms with Crippen LogP contribution in [0.4, 0.5) is 22.0 Å². The molecule has 6 nitrogen and oxygen atoms in total. The normalized spacial score (nSPS) is 11.8. The molecule has 438 valence electrons. The third-order valence-electron chi connectivity index (χ3n) is 17.3. The van der Waals surface area contributed by atoms with Gasteiger partial charge in [0.05, 0.1) is 67.3 Å². The van der Waals surface area contributed by atoms with Crippen molar-refractivity contribution in [3.05, 3.63) is 315 Å². The van der Waals surface area contributed by atoms with Crippen LogP contribution in [-0.2, 0) is 6.18 Å². The van der Waals surface area contributed by atoms with Crippen molar-refractivity contribution < 1.29 is 22.0 Å². The number of alkyl halides is 3. The van der Waals surface area contributed by atoms with E-state index in [1.165, 1.54) is 12.1 Å². The molecular weight excluding hydrogens is 1150 g/mol. The van der Waals surface area contributed by atoms with Gasteiger partial charge in [0, 0.05) is 96.4 Å². The van der Waals surface area contributed by atoms with E-state index in [0.717, 1.165) is 108 Å². The lowest BCUT2D eigenvalue weighted by Crippen LogP contribution is -2.13. The topological polar surface area (TPSA) is 61.4 Å². The fraction of sp³-hybridized carbons (Fsp3) is 0.0123. The molecule has 16 rings (SSSR count). The molecule has 0 bridgehead atoms. The number of fused-ring (bicyclic) bond motifs is 6. The zero-order valence-electron chi connectivity index (χ0n) is 48.9. The number of hydrogen-bond donors (Lipinski definition) is 0. The highest BCUT2D eigenvalue weighted by Gasteiger charge is 2.38. The highest BCUT2D eigenvalue weighted by atomic mass is 19.4. The highest BCUT2D eigenvalue weighted by molar-refractivity contribution is 6.14. The smallest absolute Gasteiger partial charge is 0.309 e. The molecule has 11 heteroatoms. The lowest BCUT2D eigenvalue weighted by Gasteiger charge is -2.22. The van der Waals surface area contributed by atoms with Crippen LogP contribution in [0.3, 0.4) is 0 Å². The van der Waals surface area contributed by atoms with Crippen LogP contribution >= 0.6 is 0 Å². The first kappa shape index (κ1) is 55.4. The number of aromatic nitrogens is 6. The maximum atomic E-state index is 17.2. The highest BCUT2D eigenvalue weighted by Crippen LogP contribution is 2.49. The van der Waals surface area contributed by atoms with Crippen molar-refractivity contribution >= 4 is 43.6 Å². The molecule has 0 spiro atoms. The third kappa shape index (κ3) is 9.57. The molecule has 0 fully saturated rings. The maximum Gasteiger partial charge on any atom is 0.418 e. The Kier molecular flexibility index (Phi) is 13.6. The molecule has 0 saturated heterocycles. The van der Waals surface area contributed by atoms with Crippen LogP contribution in [0.2, 0.25) is 0 Å². The van der Waals surface area contributed by atoms with Crippen molar-refractivity contribution in [2.75, 3.05) is 0 Å². The minimum absolute atomic E-state index is 0.0938. The molecule has 0 radical (unpaired) electrons. The Morgan fingerprint density at radius 3 is 0.870 bits per heavy atom. The molecule has 0 atom stereocenters. The number of pyridine rings is 4. The minimum atomic E-state index is -5.04. The fourth-order valence-electron chi connectivity index (χ4n) is 13.2. The standard InChI is InChI=1S/C81H49F5N6/c82-68-30-13-31-69(83)76(68)66-48-75(92-72-38-34-56(60-28-16-42-89-79(60)52-22-9-3-10-23-52)46-64(72)65-47-57(35-39-73(65)92)61-29-17-43-90-80(61)53-24-11-4-12-25-53)67(81(84,85)86)49-74(66)91-70-36-32-54(58-26-14-40-87-77(58)50-18-5-1-6-19-50)44-62(70)63-45-55(33-37-71(63)91)59-27-15-41-88-78(59)51-20-7-2-8-21-51/h1-49H. The second kappa shape index (κ2) is 22.6. The van der Waals surface area contributed by atoms with Gasteiger partial charge in [0.1, 0.15) is 11.6 Å². The molecule has 0 amide bonds. The quantitative estimate of drug-likeness (QED) is 0.121. The maximum absolute atomic E-state index is 17.2. The molecule has 0 unspecified atom stereocenters. The summed E-state index contributed by atoms with van der Waals surface area (Å²) in [5.41, 5.74) is 12.7. The molecule has 92 heavy (non-hydrogen) atoms. The monoisotopic (exact) mass is 1200 g/mol. The van der Waals surface area contributed by atoms with Crippen LogP contribution in [-0.4, -0.2) is 29.1 Å². The second-order valence-electron chi connectivity index (χ2n) is 22.6. The van der Waals surface area contributed by atoms with E-state index in [1.807, 2.05) is 243 Å². The van der Waals surface area contributed by atoms with Crippen LogP contribution in [0.1, 0.15) is 5.56 Å². The van der Waals surface area contributed by atoms with Crippen LogP contribution < -0.4 is 0 Å². The summed E-state index contributed by atoms with van der Waals surface area (Å²) in [7, 11) is 0. The summed E-state index contributed by atoms with van der Waals surface area (Å²) in [6.07, 6.45) is 1.92. The number of nitrogens with zero attached hydrogens (tertiary/aromatic N) is 6. The van der Waals surface area contributed by atoms with Gasteiger partial charge in [-0.2, -0.15) is 13.2 Å². The van der Waals surface area contributed by atoms with E-state index < -0.39 is 28.9 Å². The first-order valence-corrected chi connectivity index (χ1v) is 30.0. The fourth-order valence-corrected chi connectivity index (χ4v) is 13.2. The Morgan fingerprint density at radius 2 is 0.565 bits per heavy atom. The average Bonchev–Trinajstić information content (AvgIpc) is 1.54. The van der Waals surface area contributed by atoms with E-state index >= 15 is 22.0 Å². The van der Waals surface area contributed by atoms with Crippen molar-refractivity contribution in [1.82, 2.24) is 29.1 Å². The van der Waals surface area contributed by atoms with Gasteiger partial charge in [-0.05, 0) is 119 Å². The summed E-state index contributed by atoms with van der Waals surface area (Å²) in [5, 5.41) is 2.61. The zero-order chi connectivity index (χ0) is 62.0. The van der Waals surface area contributed by atoms with Gasteiger partial charge >= 0.3 is 6.18 Å². The summed E-state index contributed by atoms with van der Waals surface area (Å²) in [6, 6.07) is 83.6. The second-order valence-corrected chi connectivity index (χ2v) is 22.6. The van der Waals surface area contributed by atoms with Crippen molar-refractivity contribution in [3.63, 3.8) is 0 Å². The zero-order valence-corrected chi connectivity index (χ0v) is 48.9. The summed E-state index contributed by atoms with van der Waals surface area (Å²) < 4.78 is 88.6. The van der Waals surface area contributed by atoms with Gasteiger partial charge in [-0.1, -0.05) is 176 Å². The van der Waals surface area contributed by atoms with Gasteiger partial charge in [0.2, 0.25) is 0 Å². The number of hydrogen-bond acceptors (Lipinski definition) is 4. The minimum Gasteiger partial charge on any atom is -0.309 e. The first-order valence-electron chi connectivity index (χ1n) is 30.0. The van der Waals surface area contributed by atoms with E-state index in [1.54, 1.807) is 33.9 Å². The largest absolute Gasteiger partial charge is 0.418 e.